The van der Waals surface area contributed by atoms with Crippen LogP contribution in [0.3, 0.4) is 0 Å². The molecule has 1 unspecified atom stereocenters. The van der Waals surface area contributed by atoms with E-state index in [2.05, 4.69) is 10.6 Å². The second-order valence-electron chi connectivity index (χ2n) is 9.38. The maximum Gasteiger partial charge on any atom is 0.411 e. The number of anilines is 2. The van der Waals surface area contributed by atoms with E-state index in [4.69, 9.17) is 9.47 Å². The number of urea groups is 1. The first-order valence-electron chi connectivity index (χ1n) is 12.9. The molecule has 0 aromatic heterocycles. The van der Waals surface area contributed by atoms with Gasteiger partial charge in [0.05, 0.1) is 44.2 Å². The Bertz CT molecular complexity index is 1230. The number of ether oxygens (including phenoxy) is 2. The second kappa shape index (κ2) is 13.1. The lowest BCUT2D eigenvalue weighted by Gasteiger charge is -2.39. The van der Waals surface area contributed by atoms with Gasteiger partial charge >= 0.3 is 18.1 Å². The Kier molecular flexibility index (Phi) is 9.38. The zero-order valence-corrected chi connectivity index (χ0v) is 22.1. The summed E-state index contributed by atoms with van der Waals surface area (Å²) in [6.45, 7) is 4.12. The van der Waals surface area contributed by atoms with Crippen molar-refractivity contribution in [1.29, 1.82) is 0 Å². The number of hydrogen-bond acceptors (Lipinski definition) is 7. The molecule has 2 aliphatic heterocycles. The van der Waals surface area contributed by atoms with Gasteiger partial charge in [-0.05, 0) is 35.9 Å². The summed E-state index contributed by atoms with van der Waals surface area (Å²) in [6.07, 6.45) is -1.13. The van der Waals surface area contributed by atoms with E-state index in [1.165, 1.54) is 37.4 Å². The molecule has 2 heterocycles. The highest BCUT2D eigenvalue weighted by molar-refractivity contribution is 5.99. The van der Waals surface area contributed by atoms with Crippen molar-refractivity contribution in [1.82, 2.24) is 15.1 Å². The van der Waals surface area contributed by atoms with Crippen molar-refractivity contribution in [2.45, 2.75) is 12.5 Å². The van der Waals surface area contributed by atoms with Crippen LogP contribution in [0.15, 0.2) is 42.5 Å². The lowest BCUT2D eigenvalue weighted by Crippen LogP contribution is -2.54. The Labute approximate surface area is 230 Å². The molecule has 1 atom stereocenters. The summed E-state index contributed by atoms with van der Waals surface area (Å²) in [5, 5.41) is 14.7. The highest BCUT2D eigenvalue weighted by Gasteiger charge is 2.28. The van der Waals surface area contributed by atoms with Crippen molar-refractivity contribution in [3.63, 3.8) is 0 Å². The number of carboxylic acids is 1. The topological polar surface area (TPSA) is 141 Å². The van der Waals surface area contributed by atoms with Crippen molar-refractivity contribution < 1.29 is 38.1 Å². The number of piperazine rings is 1. The number of rotatable bonds is 7. The number of methoxy groups -OCH3 is 1. The molecule has 2 aliphatic rings. The summed E-state index contributed by atoms with van der Waals surface area (Å²) in [7, 11) is 1.22. The molecular formula is C27H32FN5O7. The molecule has 2 aromatic carbocycles. The maximum atomic E-state index is 13.4. The Hall–Kier alpha value is -4.39. The first-order chi connectivity index (χ1) is 19.2. The van der Waals surface area contributed by atoms with Gasteiger partial charge in [-0.3, -0.25) is 14.9 Å². The fourth-order valence-electron chi connectivity index (χ4n) is 4.67. The van der Waals surface area contributed by atoms with E-state index in [1.54, 1.807) is 21.9 Å². The number of carbonyl (C=O) groups is 4. The quantitative estimate of drug-likeness (QED) is 0.472. The lowest BCUT2D eigenvalue weighted by atomic mass is 10.0. The van der Waals surface area contributed by atoms with Crippen molar-refractivity contribution >= 4 is 35.4 Å². The predicted molar refractivity (Wildman–Crippen MR) is 143 cm³/mol. The Morgan fingerprint density at radius 1 is 0.975 bits per heavy atom. The number of nitrogens with zero attached hydrogens (tertiary/aromatic N) is 3. The highest BCUT2D eigenvalue weighted by Crippen LogP contribution is 2.29. The maximum absolute atomic E-state index is 13.4. The molecule has 40 heavy (non-hydrogen) atoms. The van der Waals surface area contributed by atoms with Gasteiger partial charge in [-0.25, -0.2) is 14.0 Å². The van der Waals surface area contributed by atoms with E-state index in [9.17, 15) is 28.7 Å². The number of amides is 4. The van der Waals surface area contributed by atoms with Crippen LogP contribution >= 0.6 is 0 Å². The van der Waals surface area contributed by atoms with Crippen LogP contribution in [0.25, 0.3) is 0 Å². The van der Waals surface area contributed by atoms with Crippen molar-refractivity contribution in [3.8, 4) is 0 Å². The summed E-state index contributed by atoms with van der Waals surface area (Å²) < 4.78 is 23.5. The van der Waals surface area contributed by atoms with Crippen LogP contribution in [-0.2, 0) is 14.3 Å². The van der Waals surface area contributed by atoms with E-state index in [0.29, 0.717) is 69.4 Å². The van der Waals surface area contributed by atoms with E-state index in [1.807, 2.05) is 4.90 Å². The number of hydrogen-bond donors (Lipinski definition) is 3. The minimum absolute atomic E-state index is 0.0278. The molecule has 2 aromatic rings. The minimum Gasteiger partial charge on any atom is -0.481 e. The Morgan fingerprint density at radius 2 is 1.62 bits per heavy atom. The summed E-state index contributed by atoms with van der Waals surface area (Å²) in [4.78, 5) is 55.1. The molecule has 0 radical (unpaired) electrons. The Morgan fingerprint density at radius 3 is 2.25 bits per heavy atom. The average Bonchev–Trinajstić information content (AvgIpc) is 2.97. The SMILES string of the molecule is COC(=O)Nc1cc(C(=O)NC(CC(=O)O)c2ccc(F)cc2)ccc1N1CCN(C(=O)N2CCOCC2)CC1. The summed E-state index contributed by atoms with van der Waals surface area (Å²) in [5.41, 5.74) is 1.57. The molecule has 0 spiro atoms. The van der Waals surface area contributed by atoms with Crippen molar-refractivity contribution in [2.75, 3.05) is 69.8 Å². The van der Waals surface area contributed by atoms with Gasteiger partial charge < -0.3 is 34.6 Å². The van der Waals surface area contributed by atoms with Crippen LogP contribution in [0.5, 0.6) is 0 Å². The van der Waals surface area contributed by atoms with Crippen LogP contribution in [-0.4, -0.2) is 98.5 Å². The summed E-state index contributed by atoms with van der Waals surface area (Å²) in [5.74, 6) is -2.19. The summed E-state index contributed by atoms with van der Waals surface area (Å²) in [6, 6.07) is 9.02. The number of aliphatic carboxylic acids is 1. The lowest BCUT2D eigenvalue weighted by molar-refractivity contribution is -0.137. The molecule has 0 bridgehead atoms. The number of morpholine rings is 1. The third-order valence-corrected chi connectivity index (χ3v) is 6.81. The van der Waals surface area contributed by atoms with Gasteiger partial charge in [-0.1, -0.05) is 12.1 Å². The standard InChI is InChI=1S/C27H32FN5O7/c1-39-26(37)30-22-16-19(25(36)29-21(17-24(34)35)18-2-5-20(28)6-3-18)4-7-23(22)31-8-10-32(11-9-31)27(38)33-12-14-40-15-13-33/h2-7,16,21H,8-15,17H2,1H3,(H,29,36)(H,30,37)(H,34,35). The van der Waals surface area contributed by atoms with Gasteiger partial charge in [-0.2, -0.15) is 0 Å². The number of halogens is 1. The van der Waals surface area contributed by atoms with Crippen LogP contribution in [0, 0.1) is 5.82 Å². The first kappa shape index (κ1) is 28.6. The number of carbonyl (C=O) groups excluding carboxylic acids is 3. The van der Waals surface area contributed by atoms with E-state index in [0.717, 1.165) is 0 Å². The molecule has 3 N–H and O–H groups in total. The van der Waals surface area contributed by atoms with Crippen LogP contribution in [0.4, 0.5) is 25.4 Å². The minimum atomic E-state index is -1.13. The van der Waals surface area contributed by atoms with Gasteiger partial charge in [-0.15, -0.1) is 0 Å². The molecule has 12 nitrogen and oxygen atoms in total. The van der Waals surface area contributed by atoms with Crippen LogP contribution < -0.4 is 15.5 Å². The summed E-state index contributed by atoms with van der Waals surface area (Å²) >= 11 is 0. The highest BCUT2D eigenvalue weighted by atomic mass is 19.1. The first-order valence-corrected chi connectivity index (χ1v) is 12.9. The Balaban J connectivity index is 1.49. The number of carboxylic acid groups (broad SMARTS) is 1. The van der Waals surface area contributed by atoms with Gasteiger partial charge in [0.2, 0.25) is 0 Å². The second-order valence-corrected chi connectivity index (χ2v) is 9.38. The van der Waals surface area contributed by atoms with Gasteiger partial charge in [0.25, 0.3) is 5.91 Å². The van der Waals surface area contributed by atoms with E-state index >= 15 is 0 Å². The van der Waals surface area contributed by atoms with Gasteiger partial charge in [0.15, 0.2) is 0 Å². The molecule has 13 heteroatoms. The van der Waals surface area contributed by atoms with Gasteiger partial charge in [0, 0.05) is 44.8 Å². The predicted octanol–water partition coefficient (Wildman–Crippen LogP) is 2.52. The fourth-order valence-corrected chi connectivity index (χ4v) is 4.67. The largest absolute Gasteiger partial charge is 0.481 e. The van der Waals surface area contributed by atoms with Crippen molar-refractivity contribution in [3.05, 3.63) is 59.4 Å². The van der Waals surface area contributed by atoms with Gasteiger partial charge in [0.1, 0.15) is 5.82 Å². The van der Waals surface area contributed by atoms with E-state index in [-0.39, 0.29) is 11.6 Å². The van der Waals surface area contributed by atoms with Crippen LogP contribution in [0.1, 0.15) is 28.4 Å². The zero-order chi connectivity index (χ0) is 28.6. The molecule has 0 aliphatic carbocycles. The third-order valence-electron chi connectivity index (χ3n) is 6.81. The molecule has 4 amide bonds. The van der Waals surface area contributed by atoms with Crippen LogP contribution in [0.2, 0.25) is 0 Å². The third kappa shape index (κ3) is 7.17. The average molecular weight is 558 g/mol. The molecule has 214 valence electrons. The molecule has 2 fully saturated rings. The number of benzene rings is 2. The smallest absolute Gasteiger partial charge is 0.411 e. The molecule has 4 rings (SSSR count). The molecule has 0 saturated carbocycles. The molecular weight excluding hydrogens is 525 g/mol. The van der Waals surface area contributed by atoms with E-state index < -0.39 is 36.2 Å². The fraction of sp³-hybridized carbons (Fsp3) is 0.407. The monoisotopic (exact) mass is 557 g/mol. The van der Waals surface area contributed by atoms with Crippen molar-refractivity contribution in [2.24, 2.45) is 0 Å². The zero-order valence-electron chi connectivity index (χ0n) is 22.1. The normalized spacial score (nSPS) is 16.2. The molecule has 2 saturated heterocycles. The number of nitrogens with one attached hydrogen (secondary N) is 2.